The van der Waals surface area contributed by atoms with Gasteiger partial charge in [0.1, 0.15) is 11.5 Å². The SMILES string of the molecule is CCCCCCOC(=O)CCCC(C)(C)c1cc(O)c(C)cc1O. The van der Waals surface area contributed by atoms with Crippen LogP contribution in [0.25, 0.3) is 0 Å². The number of phenols is 2. The topological polar surface area (TPSA) is 66.8 Å². The number of carbonyl (C=O) groups excluding carboxylic acids is 1. The van der Waals surface area contributed by atoms with Gasteiger partial charge in [-0.3, -0.25) is 4.79 Å². The average molecular weight is 336 g/mol. The smallest absolute Gasteiger partial charge is 0.305 e. The Kier molecular flexibility index (Phi) is 8.09. The normalized spacial score (nSPS) is 11.5. The first kappa shape index (κ1) is 20.3. The lowest BCUT2D eigenvalue weighted by atomic mass is 9.79. The minimum absolute atomic E-state index is 0.154. The van der Waals surface area contributed by atoms with Gasteiger partial charge in [-0.1, -0.05) is 40.0 Å². The highest BCUT2D eigenvalue weighted by Crippen LogP contribution is 2.38. The van der Waals surface area contributed by atoms with Crippen LogP contribution < -0.4 is 0 Å². The fourth-order valence-electron chi connectivity index (χ4n) is 2.82. The van der Waals surface area contributed by atoms with Crippen LogP contribution >= 0.6 is 0 Å². The summed E-state index contributed by atoms with van der Waals surface area (Å²) in [5.41, 5.74) is 1.04. The Labute approximate surface area is 145 Å². The molecule has 0 atom stereocenters. The van der Waals surface area contributed by atoms with Crippen molar-refractivity contribution in [1.82, 2.24) is 0 Å². The third kappa shape index (κ3) is 6.42. The minimum atomic E-state index is -0.323. The number of esters is 1. The number of carbonyl (C=O) groups is 1. The highest BCUT2D eigenvalue weighted by atomic mass is 16.5. The van der Waals surface area contributed by atoms with Gasteiger partial charge in [0.05, 0.1) is 6.61 Å². The second kappa shape index (κ2) is 9.55. The number of rotatable bonds is 10. The van der Waals surface area contributed by atoms with E-state index in [2.05, 4.69) is 6.92 Å². The zero-order valence-electron chi connectivity index (χ0n) is 15.5. The first-order valence-electron chi connectivity index (χ1n) is 8.96. The Morgan fingerprint density at radius 3 is 2.46 bits per heavy atom. The van der Waals surface area contributed by atoms with Crippen molar-refractivity contribution in [1.29, 1.82) is 0 Å². The quantitative estimate of drug-likeness (QED) is 0.359. The van der Waals surface area contributed by atoms with Gasteiger partial charge in [-0.15, -0.1) is 0 Å². The number of unbranched alkanes of at least 4 members (excludes halogenated alkanes) is 3. The van der Waals surface area contributed by atoms with Crippen molar-refractivity contribution in [3.05, 3.63) is 23.3 Å². The summed E-state index contributed by atoms with van der Waals surface area (Å²) >= 11 is 0. The van der Waals surface area contributed by atoms with E-state index in [1.165, 1.54) is 12.8 Å². The van der Waals surface area contributed by atoms with Crippen LogP contribution in [0.4, 0.5) is 0 Å². The second-order valence-corrected chi connectivity index (χ2v) is 7.17. The summed E-state index contributed by atoms with van der Waals surface area (Å²) in [6.07, 6.45) is 6.19. The Morgan fingerprint density at radius 2 is 1.79 bits per heavy atom. The molecule has 4 nitrogen and oxygen atoms in total. The molecule has 0 heterocycles. The molecule has 0 amide bonds. The third-order valence-electron chi connectivity index (χ3n) is 4.49. The molecule has 1 aromatic rings. The molecular formula is C20H32O4. The van der Waals surface area contributed by atoms with Gasteiger partial charge in [-0.05, 0) is 49.3 Å². The predicted molar refractivity (Wildman–Crippen MR) is 96.5 cm³/mol. The van der Waals surface area contributed by atoms with Gasteiger partial charge >= 0.3 is 5.97 Å². The Morgan fingerprint density at radius 1 is 1.08 bits per heavy atom. The molecule has 0 aliphatic rings. The average Bonchev–Trinajstić information content (AvgIpc) is 2.50. The number of hydrogen-bond donors (Lipinski definition) is 2. The molecule has 2 N–H and O–H groups in total. The molecule has 0 fully saturated rings. The zero-order valence-corrected chi connectivity index (χ0v) is 15.5. The molecule has 136 valence electrons. The largest absolute Gasteiger partial charge is 0.508 e. The van der Waals surface area contributed by atoms with E-state index in [0.717, 1.165) is 19.3 Å². The van der Waals surface area contributed by atoms with E-state index in [4.69, 9.17) is 4.74 Å². The maximum atomic E-state index is 11.8. The first-order valence-corrected chi connectivity index (χ1v) is 8.96. The van der Waals surface area contributed by atoms with Crippen LogP contribution in [0.3, 0.4) is 0 Å². The molecule has 24 heavy (non-hydrogen) atoms. The van der Waals surface area contributed by atoms with Crippen LogP contribution in [0.15, 0.2) is 12.1 Å². The van der Waals surface area contributed by atoms with E-state index in [-0.39, 0.29) is 22.9 Å². The molecule has 0 spiro atoms. The molecule has 0 bridgehead atoms. The van der Waals surface area contributed by atoms with Gasteiger partial charge in [0.25, 0.3) is 0 Å². The number of aromatic hydroxyl groups is 2. The van der Waals surface area contributed by atoms with Gasteiger partial charge in [0.15, 0.2) is 0 Å². The Balaban J connectivity index is 2.43. The van der Waals surface area contributed by atoms with Crippen molar-refractivity contribution >= 4 is 5.97 Å². The lowest BCUT2D eigenvalue weighted by Crippen LogP contribution is -2.18. The van der Waals surface area contributed by atoms with E-state index >= 15 is 0 Å². The van der Waals surface area contributed by atoms with E-state index in [1.807, 2.05) is 13.8 Å². The number of benzene rings is 1. The Hall–Kier alpha value is -1.71. The van der Waals surface area contributed by atoms with Crippen LogP contribution in [0, 0.1) is 6.92 Å². The summed E-state index contributed by atoms with van der Waals surface area (Å²) in [5.74, 6) is 0.217. The maximum absolute atomic E-state index is 11.8. The van der Waals surface area contributed by atoms with Crippen molar-refractivity contribution in [2.45, 2.75) is 78.1 Å². The van der Waals surface area contributed by atoms with Gasteiger partial charge < -0.3 is 14.9 Å². The molecule has 0 radical (unpaired) electrons. The number of hydrogen-bond acceptors (Lipinski definition) is 4. The van der Waals surface area contributed by atoms with E-state index in [0.29, 0.717) is 30.6 Å². The highest BCUT2D eigenvalue weighted by molar-refractivity contribution is 5.69. The lowest BCUT2D eigenvalue weighted by Gasteiger charge is -2.26. The summed E-state index contributed by atoms with van der Waals surface area (Å²) in [6, 6.07) is 3.20. The van der Waals surface area contributed by atoms with Crippen LogP contribution in [0.2, 0.25) is 0 Å². The molecule has 0 saturated carbocycles. The predicted octanol–water partition coefficient (Wildman–Crippen LogP) is 4.98. The van der Waals surface area contributed by atoms with Crippen molar-refractivity contribution in [3.8, 4) is 11.5 Å². The second-order valence-electron chi connectivity index (χ2n) is 7.17. The molecule has 0 saturated heterocycles. The van der Waals surface area contributed by atoms with E-state index in [9.17, 15) is 15.0 Å². The summed E-state index contributed by atoms with van der Waals surface area (Å²) in [4.78, 5) is 11.8. The summed E-state index contributed by atoms with van der Waals surface area (Å²) in [7, 11) is 0. The highest BCUT2D eigenvalue weighted by Gasteiger charge is 2.25. The van der Waals surface area contributed by atoms with Gasteiger partial charge in [-0.25, -0.2) is 0 Å². The lowest BCUT2D eigenvalue weighted by molar-refractivity contribution is -0.143. The molecule has 4 heteroatoms. The third-order valence-corrected chi connectivity index (χ3v) is 4.49. The summed E-state index contributed by atoms with van der Waals surface area (Å²) in [5, 5.41) is 20.0. The molecule has 1 rings (SSSR count). The van der Waals surface area contributed by atoms with E-state index < -0.39 is 0 Å². The maximum Gasteiger partial charge on any atom is 0.305 e. The fourth-order valence-corrected chi connectivity index (χ4v) is 2.82. The Bertz CT molecular complexity index is 535. The van der Waals surface area contributed by atoms with Crippen LogP contribution in [-0.4, -0.2) is 22.8 Å². The van der Waals surface area contributed by atoms with Crippen LogP contribution in [0.1, 0.15) is 76.8 Å². The van der Waals surface area contributed by atoms with Gasteiger partial charge in [0.2, 0.25) is 0 Å². The zero-order chi connectivity index (χ0) is 18.2. The monoisotopic (exact) mass is 336 g/mol. The first-order chi connectivity index (χ1) is 11.3. The standard InChI is InChI=1S/C20H32O4/c1-5-6-7-8-12-24-19(23)10-9-11-20(3,4)16-14-17(21)15(2)13-18(16)22/h13-14,21-22H,5-12H2,1-4H3. The number of ether oxygens (including phenoxy) is 1. The minimum Gasteiger partial charge on any atom is -0.508 e. The molecule has 1 aromatic carbocycles. The molecule has 0 aliphatic heterocycles. The molecule has 0 unspecified atom stereocenters. The van der Waals surface area contributed by atoms with Crippen molar-refractivity contribution in [2.75, 3.05) is 6.61 Å². The fraction of sp³-hybridized carbons (Fsp3) is 0.650. The molecule has 0 aliphatic carbocycles. The van der Waals surface area contributed by atoms with Gasteiger partial charge in [0, 0.05) is 12.0 Å². The molecular weight excluding hydrogens is 304 g/mol. The van der Waals surface area contributed by atoms with Crippen molar-refractivity contribution < 1.29 is 19.7 Å². The van der Waals surface area contributed by atoms with Crippen molar-refractivity contribution in [2.24, 2.45) is 0 Å². The summed E-state index contributed by atoms with van der Waals surface area (Å²) in [6.45, 7) is 8.43. The van der Waals surface area contributed by atoms with E-state index in [1.54, 1.807) is 19.1 Å². The number of aryl methyl sites for hydroxylation is 1. The number of phenolic OH excluding ortho intramolecular Hbond substituents is 2. The van der Waals surface area contributed by atoms with Crippen molar-refractivity contribution in [3.63, 3.8) is 0 Å². The van der Waals surface area contributed by atoms with Crippen LogP contribution in [0.5, 0.6) is 11.5 Å². The summed E-state index contributed by atoms with van der Waals surface area (Å²) < 4.78 is 5.24. The van der Waals surface area contributed by atoms with Crippen LogP contribution in [-0.2, 0) is 14.9 Å². The molecule has 0 aromatic heterocycles. The van der Waals surface area contributed by atoms with Gasteiger partial charge in [-0.2, -0.15) is 0 Å².